The molecule has 0 unspecified atom stereocenters. The maximum atomic E-state index is 12.3. The molecule has 0 heterocycles. The molecule has 25 heavy (non-hydrogen) atoms. The number of amides is 2. The summed E-state index contributed by atoms with van der Waals surface area (Å²) in [6, 6.07) is 12.6. The molecule has 2 amide bonds. The number of thioether (sulfide) groups is 1. The molecule has 128 valence electrons. The minimum atomic E-state index is -0.728. The Morgan fingerprint density at radius 1 is 0.960 bits per heavy atom. The van der Waals surface area contributed by atoms with Gasteiger partial charge in [-0.05, 0) is 60.0 Å². The van der Waals surface area contributed by atoms with Gasteiger partial charge in [0.05, 0.1) is 0 Å². The topological polar surface area (TPSA) is 82.0 Å². The number of para-hydroxylation sites is 1. The summed E-state index contributed by atoms with van der Waals surface area (Å²) in [4.78, 5) is 25.2. The lowest BCUT2D eigenvalue weighted by atomic mass is 10.0. The molecule has 5 nitrogen and oxygen atoms in total. The van der Waals surface area contributed by atoms with E-state index >= 15 is 0 Å². The van der Waals surface area contributed by atoms with Crippen LogP contribution in [0.2, 0.25) is 0 Å². The van der Waals surface area contributed by atoms with Gasteiger partial charge in [-0.3, -0.25) is 9.59 Å². The second kappa shape index (κ2) is 8.90. The highest BCUT2D eigenvalue weighted by atomic mass is 32.2. The van der Waals surface area contributed by atoms with E-state index in [4.69, 9.17) is 5.26 Å². The monoisotopic (exact) mass is 353 g/mol. The molecule has 0 spiro atoms. The Hall–Kier alpha value is -2.78. The van der Waals surface area contributed by atoms with Crippen molar-refractivity contribution in [2.45, 2.75) is 31.6 Å². The maximum Gasteiger partial charge on any atom is 0.314 e. The Bertz CT molecular complexity index is 788. The van der Waals surface area contributed by atoms with Crippen LogP contribution in [-0.4, -0.2) is 11.8 Å². The van der Waals surface area contributed by atoms with Gasteiger partial charge in [0.25, 0.3) is 0 Å². The average molecular weight is 353 g/mol. The van der Waals surface area contributed by atoms with Gasteiger partial charge in [-0.2, -0.15) is 5.26 Å². The highest BCUT2D eigenvalue weighted by molar-refractivity contribution is 8.03. The maximum absolute atomic E-state index is 12.3. The third-order valence-electron chi connectivity index (χ3n) is 3.72. The fourth-order valence-corrected chi connectivity index (χ4v) is 2.80. The van der Waals surface area contributed by atoms with Crippen molar-refractivity contribution in [3.63, 3.8) is 0 Å². The third-order valence-corrected chi connectivity index (χ3v) is 4.32. The number of rotatable bonds is 5. The molecule has 0 aromatic heterocycles. The molecule has 0 aliphatic heterocycles. The van der Waals surface area contributed by atoms with E-state index in [-0.39, 0.29) is 0 Å². The van der Waals surface area contributed by atoms with Crippen LogP contribution in [0, 0.1) is 10.7 Å². The molecule has 0 bridgehead atoms. The van der Waals surface area contributed by atoms with E-state index in [1.807, 2.05) is 37.4 Å². The number of carbonyl (C=O) groups excluding carboxylic acids is 2. The van der Waals surface area contributed by atoms with Crippen molar-refractivity contribution in [3.05, 3.63) is 53.6 Å². The number of nitrogens with zero attached hydrogens (tertiary/aromatic N) is 1. The first kappa shape index (κ1) is 18.6. The Balaban J connectivity index is 2.08. The smallest absolute Gasteiger partial charge is 0.314 e. The Labute approximate surface area is 151 Å². The van der Waals surface area contributed by atoms with Crippen LogP contribution in [0.3, 0.4) is 0 Å². The van der Waals surface area contributed by atoms with Gasteiger partial charge in [-0.1, -0.05) is 32.0 Å². The standard InChI is InChI=1S/C19H19N3O2S/c1-3-13-6-5-7-14(4-2)17(13)22-19(24)18(23)21-15-8-10-16(11-9-15)25-12-20/h5-11H,3-4H2,1-2H3,(H,21,23)(H,22,24). The number of hydrogen-bond donors (Lipinski definition) is 2. The Kier molecular flexibility index (Phi) is 6.61. The normalized spacial score (nSPS) is 9.96. The summed E-state index contributed by atoms with van der Waals surface area (Å²) in [5, 5.41) is 15.9. The summed E-state index contributed by atoms with van der Waals surface area (Å²) in [6.07, 6.45) is 1.53. The van der Waals surface area contributed by atoms with Gasteiger partial charge in [-0.15, -0.1) is 0 Å². The molecule has 0 atom stereocenters. The molecular formula is C19H19N3O2S. The van der Waals surface area contributed by atoms with E-state index in [0.29, 0.717) is 11.4 Å². The van der Waals surface area contributed by atoms with Gasteiger partial charge in [0.15, 0.2) is 0 Å². The SMILES string of the molecule is CCc1cccc(CC)c1NC(=O)C(=O)Nc1ccc(SC#N)cc1. The van der Waals surface area contributed by atoms with Crippen LogP contribution in [0.5, 0.6) is 0 Å². The molecular weight excluding hydrogens is 334 g/mol. The van der Waals surface area contributed by atoms with Crippen molar-refractivity contribution in [1.29, 1.82) is 5.26 Å². The van der Waals surface area contributed by atoms with E-state index in [9.17, 15) is 9.59 Å². The van der Waals surface area contributed by atoms with Crippen molar-refractivity contribution >= 4 is 35.0 Å². The fourth-order valence-electron chi connectivity index (χ4n) is 2.42. The van der Waals surface area contributed by atoms with E-state index in [1.165, 1.54) is 0 Å². The molecule has 2 rings (SSSR count). The van der Waals surface area contributed by atoms with E-state index in [0.717, 1.165) is 40.6 Å². The van der Waals surface area contributed by atoms with Gasteiger partial charge >= 0.3 is 11.8 Å². The van der Waals surface area contributed by atoms with Crippen molar-refractivity contribution in [3.8, 4) is 5.40 Å². The molecule has 0 saturated heterocycles. The number of hydrogen-bond acceptors (Lipinski definition) is 4. The molecule has 2 aromatic carbocycles. The largest absolute Gasteiger partial charge is 0.318 e. The van der Waals surface area contributed by atoms with Crippen LogP contribution in [0.1, 0.15) is 25.0 Å². The second-order valence-corrected chi connectivity index (χ2v) is 6.14. The minimum Gasteiger partial charge on any atom is -0.318 e. The molecule has 0 radical (unpaired) electrons. The molecule has 2 N–H and O–H groups in total. The van der Waals surface area contributed by atoms with Gasteiger partial charge in [0.2, 0.25) is 0 Å². The van der Waals surface area contributed by atoms with E-state index in [2.05, 4.69) is 10.6 Å². The lowest BCUT2D eigenvalue weighted by molar-refractivity contribution is -0.133. The van der Waals surface area contributed by atoms with Gasteiger partial charge in [-0.25, -0.2) is 0 Å². The Morgan fingerprint density at radius 2 is 1.52 bits per heavy atom. The summed E-state index contributed by atoms with van der Waals surface area (Å²) >= 11 is 1.03. The predicted octanol–water partition coefficient (Wildman–Crippen LogP) is 3.96. The number of aryl methyl sites for hydroxylation is 2. The van der Waals surface area contributed by atoms with Crippen LogP contribution < -0.4 is 10.6 Å². The van der Waals surface area contributed by atoms with Crippen molar-refractivity contribution in [2.24, 2.45) is 0 Å². The summed E-state index contributed by atoms with van der Waals surface area (Å²) in [6.45, 7) is 4.01. The van der Waals surface area contributed by atoms with Crippen molar-refractivity contribution in [1.82, 2.24) is 0 Å². The number of carbonyl (C=O) groups is 2. The number of benzene rings is 2. The summed E-state index contributed by atoms with van der Waals surface area (Å²) in [7, 11) is 0. The molecule has 2 aromatic rings. The van der Waals surface area contributed by atoms with E-state index in [1.54, 1.807) is 24.3 Å². The number of nitrogens with one attached hydrogen (secondary N) is 2. The first-order chi connectivity index (χ1) is 12.1. The number of nitriles is 1. The van der Waals surface area contributed by atoms with E-state index < -0.39 is 11.8 Å². The number of thiocyanates is 1. The first-order valence-electron chi connectivity index (χ1n) is 7.98. The van der Waals surface area contributed by atoms with Crippen LogP contribution in [0.15, 0.2) is 47.4 Å². The average Bonchev–Trinajstić information content (AvgIpc) is 2.63. The molecule has 0 aliphatic rings. The van der Waals surface area contributed by atoms with Crippen molar-refractivity contribution in [2.75, 3.05) is 10.6 Å². The number of anilines is 2. The zero-order valence-electron chi connectivity index (χ0n) is 14.1. The second-order valence-electron chi connectivity index (χ2n) is 5.28. The van der Waals surface area contributed by atoms with Gasteiger partial charge in [0.1, 0.15) is 5.40 Å². The summed E-state index contributed by atoms with van der Waals surface area (Å²) in [5.41, 5.74) is 3.21. The molecule has 6 heteroatoms. The quantitative estimate of drug-likeness (QED) is 0.484. The lowest BCUT2D eigenvalue weighted by Crippen LogP contribution is -2.29. The van der Waals surface area contributed by atoms with Crippen molar-refractivity contribution < 1.29 is 9.59 Å². The Morgan fingerprint density at radius 3 is 2.04 bits per heavy atom. The van der Waals surface area contributed by atoms with Gasteiger partial charge < -0.3 is 10.6 Å². The molecule has 0 fully saturated rings. The first-order valence-corrected chi connectivity index (χ1v) is 8.79. The zero-order chi connectivity index (χ0) is 18.2. The van der Waals surface area contributed by atoms with Crippen LogP contribution >= 0.6 is 11.8 Å². The molecule has 0 saturated carbocycles. The van der Waals surface area contributed by atoms with Crippen LogP contribution in [-0.2, 0) is 22.4 Å². The predicted molar refractivity (Wildman–Crippen MR) is 100 cm³/mol. The lowest BCUT2D eigenvalue weighted by Gasteiger charge is -2.14. The van der Waals surface area contributed by atoms with Crippen LogP contribution in [0.25, 0.3) is 0 Å². The highest BCUT2D eigenvalue weighted by Crippen LogP contribution is 2.23. The summed E-state index contributed by atoms with van der Waals surface area (Å²) < 4.78 is 0. The summed E-state index contributed by atoms with van der Waals surface area (Å²) in [5.74, 6) is -1.43. The fraction of sp³-hybridized carbons (Fsp3) is 0.211. The van der Waals surface area contributed by atoms with Gasteiger partial charge in [0, 0.05) is 16.3 Å². The molecule has 0 aliphatic carbocycles. The zero-order valence-corrected chi connectivity index (χ0v) is 14.9. The minimum absolute atomic E-state index is 0.502. The third kappa shape index (κ3) is 4.85. The highest BCUT2D eigenvalue weighted by Gasteiger charge is 2.17. The van der Waals surface area contributed by atoms with Crippen LogP contribution in [0.4, 0.5) is 11.4 Å².